The number of amides is 1. The van der Waals surface area contributed by atoms with Crippen molar-refractivity contribution >= 4 is 11.9 Å². The lowest BCUT2D eigenvalue weighted by molar-refractivity contribution is -0.137. The molecule has 21 heavy (non-hydrogen) atoms. The van der Waals surface area contributed by atoms with Crippen molar-refractivity contribution in [3.8, 4) is 5.69 Å². The third-order valence-corrected chi connectivity index (χ3v) is 2.88. The summed E-state index contributed by atoms with van der Waals surface area (Å²) >= 11 is 0. The highest BCUT2D eigenvalue weighted by atomic mass is 16.4. The molecule has 0 aliphatic heterocycles. The van der Waals surface area contributed by atoms with Crippen LogP contribution < -0.4 is 5.32 Å². The summed E-state index contributed by atoms with van der Waals surface area (Å²) in [4.78, 5) is 26.4. The van der Waals surface area contributed by atoms with E-state index in [1.54, 1.807) is 6.92 Å². The van der Waals surface area contributed by atoms with Gasteiger partial charge in [0.1, 0.15) is 6.33 Å². The topological polar surface area (TPSA) is 97.1 Å². The second kappa shape index (κ2) is 6.65. The van der Waals surface area contributed by atoms with E-state index in [2.05, 4.69) is 15.4 Å². The highest BCUT2D eigenvalue weighted by Crippen LogP contribution is 2.05. The molecule has 2 N–H and O–H groups in total. The summed E-state index contributed by atoms with van der Waals surface area (Å²) in [6.07, 6.45) is 1.83. The number of nitrogens with one attached hydrogen (secondary N) is 1. The molecule has 7 heteroatoms. The Morgan fingerprint density at radius 2 is 2.05 bits per heavy atom. The minimum Gasteiger partial charge on any atom is -0.481 e. The summed E-state index contributed by atoms with van der Waals surface area (Å²) < 4.78 is 1.51. The molecule has 0 spiro atoms. The molecule has 110 valence electrons. The molecular weight excluding hydrogens is 272 g/mol. The van der Waals surface area contributed by atoms with E-state index in [4.69, 9.17) is 5.11 Å². The summed E-state index contributed by atoms with van der Waals surface area (Å²) in [6.45, 7) is 1.75. The number of aliphatic carboxylic acids is 1. The quantitative estimate of drug-likeness (QED) is 0.833. The first-order chi connectivity index (χ1) is 10.1. The van der Waals surface area contributed by atoms with Crippen LogP contribution in [0.4, 0.5) is 0 Å². The maximum atomic E-state index is 11.9. The van der Waals surface area contributed by atoms with E-state index in [1.165, 1.54) is 11.0 Å². The smallest absolute Gasteiger partial charge is 0.303 e. The van der Waals surface area contributed by atoms with E-state index in [0.717, 1.165) is 5.69 Å². The van der Waals surface area contributed by atoms with Gasteiger partial charge in [0, 0.05) is 12.5 Å². The first-order valence-electron chi connectivity index (χ1n) is 6.56. The van der Waals surface area contributed by atoms with Crippen molar-refractivity contribution in [2.45, 2.75) is 25.8 Å². The summed E-state index contributed by atoms with van der Waals surface area (Å²) in [7, 11) is 0. The van der Waals surface area contributed by atoms with Crippen LogP contribution in [-0.2, 0) is 4.79 Å². The molecule has 0 aliphatic carbocycles. The zero-order chi connectivity index (χ0) is 15.2. The third-order valence-electron chi connectivity index (χ3n) is 2.88. The maximum Gasteiger partial charge on any atom is 0.303 e. The predicted molar refractivity (Wildman–Crippen MR) is 75.2 cm³/mol. The molecule has 2 rings (SSSR count). The fraction of sp³-hybridized carbons (Fsp3) is 0.286. The number of hydrogen-bond acceptors (Lipinski definition) is 4. The fourth-order valence-corrected chi connectivity index (χ4v) is 1.77. The minimum atomic E-state index is -0.887. The average Bonchev–Trinajstić information content (AvgIpc) is 2.96. The molecule has 1 aromatic carbocycles. The fourth-order valence-electron chi connectivity index (χ4n) is 1.77. The predicted octanol–water partition coefficient (Wildman–Crippen LogP) is 1.25. The molecule has 0 saturated heterocycles. The Bertz CT molecular complexity index is 624. The number of aromatic nitrogens is 3. The van der Waals surface area contributed by atoms with Gasteiger partial charge in [-0.05, 0) is 25.5 Å². The standard InChI is InChI=1S/C14H16N4O3/c1-10(7-8-12(19)20)16-14(21)13-15-9-18(17-13)11-5-3-2-4-6-11/h2-6,9-10H,7-8H2,1H3,(H,16,21)(H,19,20). The Labute approximate surface area is 121 Å². The number of hydrogen-bond donors (Lipinski definition) is 2. The van der Waals surface area contributed by atoms with Gasteiger partial charge in [-0.3, -0.25) is 9.59 Å². The summed E-state index contributed by atoms with van der Waals surface area (Å²) in [5.41, 5.74) is 0.808. The summed E-state index contributed by atoms with van der Waals surface area (Å²) in [6, 6.07) is 9.07. The second-order valence-corrected chi connectivity index (χ2v) is 4.66. The van der Waals surface area contributed by atoms with Gasteiger partial charge in [-0.15, -0.1) is 5.10 Å². The lowest BCUT2D eigenvalue weighted by Crippen LogP contribution is -2.33. The second-order valence-electron chi connectivity index (χ2n) is 4.66. The van der Waals surface area contributed by atoms with Crippen molar-refractivity contribution in [2.75, 3.05) is 0 Å². The molecule has 1 amide bonds. The van der Waals surface area contributed by atoms with Gasteiger partial charge in [0.25, 0.3) is 5.91 Å². The zero-order valence-electron chi connectivity index (χ0n) is 11.6. The van der Waals surface area contributed by atoms with Gasteiger partial charge >= 0.3 is 5.97 Å². The largest absolute Gasteiger partial charge is 0.481 e. The van der Waals surface area contributed by atoms with Gasteiger partial charge in [0.15, 0.2) is 0 Å². The Kier molecular flexibility index (Phi) is 4.65. The van der Waals surface area contributed by atoms with Crippen molar-refractivity contribution in [1.82, 2.24) is 20.1 Å². The van der Waals surface area contributed by atoms with Crippen molar-refractivity contribution in [2.24, 2.45) is 0 Å². The molecule has 1 atom stereocenters. The molecule has 0 fully saturated rings. The van der Waals surface area contributed by atoms with Crippen LogP contribution in [0.25, 0.3) is 5.69 Å². The van der Waals surface area contributed by atoms with E-state index >= 15 is 0 Å². The molecule has 0 aliphatic rings. The lowest BCUT2D eigenvalue weighted by Gasteiger charge is -2.10. The monoisotopic (exact) mass is 288 g/mol. The van der Waals surface area contributed by atoms with Crippen molar-refractivity contribution in [3.05, 3.63) is 42.5 Å². The molecule has 7 nitrogen and oxygen atoms in total. The van der Waals surface area contributed by atoms with Gasteiger partial charge in [-0.1, -0.05) is 18.2 Å². The summed E-state index contributed by atoms with van der Waals surface area (Å²) in [5, 5.41) is 15.4. The number of carbonyl (C=O) groups is 2. The molecule has 0 radical (unpaired) electrons. The molecule has 2 aromatic rings. The van der Waals surface area contributed by atoms with Crippen LogP contribution >= 0.6 is 0 Å². The van der Waals surface area contributed by atoms with Gasteiger partial charge in [0.05, 0.1) is 5.69 Å². The number of rotatable bonds is 6. The Hall–Kier alpha value is -2.70. The average molecular weight is 288 g/mol. The number of nitrogens with zero attached hydrogens (tertiary/aromatic N) is 3. The van der Waals surface area contributed by atoms with Gasteiger partial charge < -0.3 is 10.4 Å². The van der Waals surface area contributed by atoms with Crippen molar-refractivity contribution < 1.29 is 14.7 Å². The number of carboxylic acids is 1. The van der Waals surface area contributed by atoms with E-state index in [0.29, 0.717) is 6.42 Å². The molecule has 0 saturated carbocycles. The van der Waals surface area contributed by atoms with E-state index in [1.807, 2.05) is 30.3 Å². The highest BCUT2D eigenvalue weighted by molar-refractivity contribution is 5.90. The Morgan fingerprint density at radius 1 is 1.33 bits per heavy atom. The van der Waals surface area contributed by atoms with Crippen LogP contribution in [0.15, 0.2) is 36.7 Å². The van der Waals surface area contributed by atoms with Crippen LogP contribution in [0.5, 0.6) is 0 Å². The zero-order valence-corrected chi connectivity index (χ0v) is 11.6. The van der Waals surface area contributed by atoms with E-state index < -0.39 is 11.9 Å². The number of para-hydroxylation sites is 1. The first-order valence-corrected chi connectivity index (χ1v) is 6.56. The van der Waals surface area contributed by atoms with E-state index in [9.17, 15) is 9.59 Å². The van der Waals surface area contributed by atoms with Crippen LogP contribution in [0, 0.1) is 0 Å². The van der Waals surface area contributed by atoms with Crippen molar-refractivity contribution in [3.63, 3.8) is 0 Å². The lowest BCUT2D eigenvalue weighted by atomic mass is 10.2. The highest BCUT2D eigenvalue weighted by Gasteiger charge is 2.15. The molecule has 1 unspecified atom stereocenters. The molecule has 1 aromatic heterocycles. The van der Waals surface area contributed by atoms with E-state index in [-0.39, 0.29) is 18.3 Å². The van der Waals surface area contributed by atoms with Gasteiger partial charge in [0.2, 0.25) is 5.82 Å². The Morgan fingerprint density at radius 3 is 2.71 bits per heavy atom. The Balaban J connectivity index is 1.98. The van der Waals surface area contributed by atoms with Crippen LogP contribution in [0.2, 0.25) is 0 Å². The minimum absolute atomic E-state index is 0.00727. The first kappa shape index (κ1) is 14.7. The van der Waals surface area contributed by atoms with Crippen LogP contribution in [-0.4, -0.2) is 37.8 Å². The SMILES string of the molecule is CC(CCC(=O)O)NC(=O)c1ncn(-c2ccccc2)n1. The number of carbonyl (C=O) groups excluding carboxylic acids is 1. The number of benzene rings is 1. The molecule has 0 bridgehead atoms. The number of carboxylic acid groups (broad SMARTS) is 1. The molecular formula is C14H16N4O3. The van der Waals surface area contributed by atoms with Crippen molar-refractivity contribution in [1.29, 1.82) is 0 Å². The normalized spacial score (nSPS) is 11.9. The van der Waals surface area contributed by atoms with Crippen LogP contribution in [0.3, 0.4) is 0 Å². The van der Waals surface area contributed by atoms with Gasteiger partial charge in [-0.25, -0.2) is 9.67 Å². The van der Waals surface area contributed by atoms with Crippen LogP contribution in [0.1, 0.15) is 30.4 Å². The maximum absolute atomic E-state index is 11.9. The third kappa shape index (κ3) is 4.13. The molecule has 1 heterocycles. The summed E-state index contributed by atoms with van der Waals surface area (Å²) in [5.74, 6) is -1.24. The van der Waals surface area contributed by atoms with Gasteiger partial charge in [-0.2, -0.15) is 0 Å².